The number of aromatic nitrogens is 2. The molecule has 2 amide bonds. The average Bonchev–Trinajstić information content (AvgIpc) is 2.42. The van der Waals surface area contributed by atoms with Gasteiger partial charge in [0.25, 0.3) is 5.91 Å². The van der Waals surface area contributed by atoms with Crippen LogP contribution < -0.4 is 16.0 Å². The second-order valence-corrected chi connectivity index (χ2v) is 3.59. The van der Waals surface area contributed by atoms with Crippen LogP contribution in [0.3, 0.4) is 0 Å². The molecule has 1 heterocycles. The molecule has 7 nitrogen and oxygen atoms in total. The Balaban J connectivity index is 2.42. The topological polar surface area (TPSA) is 96.0 Å². The summed E-state index contributed by atoms with van der Waals surface area (Å²) in [6, 6.07) is 3.18. The highest BCUT2D eigenvalue weighted by atomic mass is 16.2. The van der Waals surface area contributed by atoms with Crippen LogP contribution in [0.15, 0.2) is 12.1 Å². The van der Waals surface area contributed by atoms with E-state index < -0.39 is 5.91 Å². The van der Waals surface area contributed by atoms with Crippen LogP contribution in [0.5, 0.6) is 0 Å². The Morgan fingerprint density at radius 3 is 2.56 bits per heavy atom. The first kappa shape index (κ1) is 13.9. The van der Waals surface area contributed by atoms with Crippen molar-refractivity contribution in [2.45, 2.75) is 13.3 Å². The number of carbonyl (C=O) groups is 2. The first-order valence-corrected chi connectivity index (χ1v) is 5.73. The van der Waals surface area contributed by atoms with E-state index in [9.17, 15) is 9.59 Å². The summed E-state index contributed by atoms with van der Waals surface area (Å²) in [5.41, 5.74) is 0.178. The monoisotopic (exact) mass is 251 g/mol. The van der Waals surface area contributed by atoms with Crippen LogP contribution in [-0.4, -0.2) is 42.1 Å². The number of hydrogen-bond acceptors (Lipinski definition) is 5. The van der Waals surface area contributed by atoms with Crippen molar-refractivity contribution in [1.29, 1.82) is 0 Å². The summed E-state index contributed by atoms with van der Waals surface area (Å²) in [7, 11) is 1.71. The van der Waals surface area contributed by atoms with Crippen molar-refractivity contribution in [3.8, 4) is 0 Å². The molecule has 0 aliphatic carbocycles. The van der Waals surface area contributed by atoms with Crippen molar-refractivity contribution in [1.82, 2.24) is 20.8 Å². The molecule has 3 N–H and O–H groups in total. The van der Waals surface area contributed by atoms with Gasteiger partial charge in [-0.1, -0.05) is 6.92 Å². The highest BCUT2D eigenvalue weighted by Gasteiger charge is 2.09. The van der Waals surface area contributed by atoms with Gasteiger partial charge in [-0.2, -0.15) is 0 Å². The van der Waals surface area contributed by atoms with E-state index in [1.165, 1.54) is 6.07 Å². The molecule has 0 unspecified atom stereocenters. The number of anilines is 1. The Kier molecular flexibility index (Phi) is 5.56. The van der Waals surface area contributed by atoms with Gasteiger partial charge in [0.1, 0.15) is 5.82 Å². The first-order chi connectivity index (χ1) is 8.67. The quantitative estimate of drug-likeness (QED) is 0.649. The van der Waals surface area contributed by atoms with Crippen molar-refractivity contribution in [3.63, 3.8) is 0 Å². The molecule has 1 rings (SSSR count). The van der Waals surface area contributed by atoms with Crippen molar-refractivity contribution in [2.24, 2.45) is 0 Å². The Hall–Kier alpha value is -2.18. The molecule has 0 radical (unpaired) electrons. The molecule has 98 valence electrons. The molecule has 0 spiro atoms. The zero-order valence-corrected chi connectivity index (χ0v) is 10.5. The van der Waals surface area contributed by atoms with Crippen LogP contribution >= 0.6 is 0 Å². The molecule has 0 aromatic carbocycles. The van der Waals surface area contributed by atoms with Gasteiger partial charge in [0, 0.05) is 13.6 Å². The average molecular weight is 251 g/mol. The number of amides is 2. The number of nitrogens with zero attached hydrogens (tertiary/aromatic N) is 2. The van der Waals surface area contributed by atoms with Gasteiger partial charge < -0.3 is 16.0 Å². The second-order valence-electron chi connectivity index (χ2n) is 3.59. The molecule has 0 bridgehead atoms. The second kappa shape index (κ2) is 7.21. The number of carbonyl (C=O) groups excluding carboxylic acids is 2. The van der Waals surface area contributed by atoms with Gasteiger partial charge in [-0.15, -0.1) is 10.2 Å². The lowest BCUT2D eigenvalue weighted by molar-refractivity contribution is -0.120. The SMILES string of the molecule is CCCNC(=O)CNC(=O)c1ccc(NC)nn1. The Bertz CT molecular complexity index is 404. The minimum Gasteiger partial charge on any atom is -0.372 e. The van der Waals surface area contributed by atoms with Crippen molar-refractivity contribution >= 4 is 17.6 Å². The van der Waals surface area contributed by atoms with E-state index in [2.05, 4.69) is 26.1 Å². The van der Waals surface area contributed by atoms with Gasteiger partial charge >= 0.3 is 0 Å². The molecule has 0 saturated heterocycles. The molecular formula is C11H17N5O2. The van der Waals surface area contributed by atoms with E-state index in [4.69, 9.17) is 0 Å². The van der Waals surface area contributed by atoms with Gasteiger partial charge in [0.05, 0.1) is 6.54 Å². The van der Waals surface area contributed by atoms with Crippen LogP contribution in [0.25, 0.3) is 0 Å². The predicted molar refractivity (Wildman–Crippen MR) is 67.2 cm³/mol. The summed E-state index contributed by atoms with van der Waals surface area (Å²) in [6.45, 7) is 2.50. The van der Waals surface area contributed by atoms with Crippen molar-refractivity contribution < 1.29 is 9.59 Å². The maximum Gasteiger partial charge on any atom is 0.272 e. The first-order valence-electron chi connectivity index (χ1n) is 5.73. The lowest BCUT2D eigenvalue weighted by atomic mass is 10.3. The van der Waals surface area contributed by atoms with E-state index in [1.807, 2.05) is 6.92 Å². The molecule has 0 aliphatic heterocycles. The van der Waals surface area contributed by atoms with E-state index in [0.717, 1.165) is 6.42 Å². The van der Waals surface area contributed by atoms with Gasteiger partial charge in [0.2, 0.25) is 5.91 Å². The van der Waals surface area contributed by atoms with Gasteiger partial charge in [-0.05, 0) is 18.6 Å². The molecule has 18 heavy (non-hydrogen) atoms. The summed E-state index contributed by atoms with van der Waals surface area (Å²) < 4.78 is 0. The number of nitrogens with one attached hydrogen (secondary N) is 3. The highest BCUT2D eigenvalue weighted by molar-refractivity contribution is 5.94. The fourth-order valence-corrected chi connectivity index (χ4v) is 1.16. The number of hydrogen-bond donors (Lipinski definition) is 3. The lowest BCUT2D eigenvalue weighted by Crippen LogP contribution is -2.37. The van der Waals surface area contributed by atoms with Crippen LogP contribution in [0.2, 0.25) is 0 Å². The smallest absolute Gasteiger partial charge is 0.272 e. The molecular weight excluding hydrogens is 234 g/mol. The predicted octanol–water partition coefficient (Wildman–Crippen LogP) is -0.226. The number of rotatable bonds is 6. The van der Waals surface area contributed by atoms with Gasteiger partial charge in [-0.3, -0.25) is 9.59 Å². The minimum atomic E-state index is -0.420. The lowest BCUT2D eigenvalue weighted by Gasteiger charge is -2.05. The normalized spacial score (nSPS) is 9.67. The molecule has 0 saturated carbocycles. The molecule has 1 aromatic heterocycles. The van der Waals surface area contributed by atoms with E-state index in [0.29, 0.717) is 12.4 Å². The summed E-state index contributed by atoms with van der Waals surface area (Å²) in [5.74, 6) is -0.0611. The maximum absolute atomic E-state index is 11.6. The molecule has 0 atom stereocenters. The largest absolute Gasteiger partial charge is 0.372 e. The maximum atomic E-state index is 11.6. The summed E-state index contributed by atoms with van der Waals surface area (Å²) in [4.78, 5) is 22.9. The van der Waals surface area contributed by atoms with Gasteiger partial charge in [-0.25, -0.2) is 0 Å². The van der Waals surface area contributed by atoms with Crippen LogP contribution in [0.4, 0.5) is 5.82 Å². The van der Waals surface area contributed by atoms with Crippen LogP contribution in [-0.2, 0) is 4.79 Å². The third-order valence-electron chi connectivity index (χ3n) is 2.13. The third-order valence-corrected chi connectivity index (χ3v) is 2.13. The molecule has 1 aromatic rings. The zero-order chi connectivity index (χ0) is 13.4. The molecule has 7 heteroatoms. The Morgan fingerprint density at radius 1 is 1.22 bits per heavy atom. The fourth-order valence-electron chi connectivity index (χ4n) is 1.16. The highest BCUT2D eigenvalue weighted by Crippen LogP contribution is 1.99. The van der Waals surface area contributed by atoms with Crippen LogP contribution in [0, 0.1) is 0 Å². The molecule has 0 fully saturated rings. The van der Waals surface area contributed by atoms with Crippen molar-refractivity contribution in [3.05, 3.63) is 17.8 Å². The van der Waals surface area contributed by atoms with E-state index >= 15 is 0 Å². The minimum absolute atomic E-state index is 0.0612. The zero-order valence-electron chi connectivity index (χ0n) is 10.5. The third kappa shape index (κ3) is 4.36. The summed E-state index contributed by atoms with van der Waals surface area (Å²) in [6.07, 6.45) is 0.858. The van der Waals surface area contributed by atoms with Crippen molar-refractivity contribution in [2.75, 3.05) is 25.5 Å². The molecule has 0 aliphatic rings. The Labute approximate surface area is 105 Å². The summed E-state index contributed by atoms with van der Waals surface area (Å²) >= 11 is 0. The van der Waals surface area contributed by atoms with Crippen LogP contribution in [0.1, 0.15) is 23.8 Å². The van der Waals surface area contributed by atoms with E-state index in [-0.39, 0.29) is 18.1 Å². The fraction of sp³-hybridized carbons (Fsp3) is 0.455. The van der Waals surface area contributed by atoms with Gasteiger partial charge in [0.15, 0.2) is 5.69 Å². The van der Waals surface area contributed by atoms with E-state index in [1.54, 1.807) is 13.1 Å². The Morgan fingerprint density at radius 2 is 2.00 bits per heavy atom. The standard InChI is InChI=1S/C11H17N5O2/c1-3-6-13-10(17)7-14-11(18)8-4-5-9(12-2)16-15-8/h4-5H,3,6-7H2,1-2H3,(H,12,16)(H,13,17)(H,14,18). The summed E-state index contributed by atoms with van der Waals surface area (Å²) in [5, 5.41) is 15.4.